The van der Waals surface area contributed by atoms with Gasteiger partial charge >= 0.3 is 6.09 Å². The first-order valence-electron chi connectivity index (χ1n) is 8.88. The highest BCUT2D eigenvalue weighted by molar-refractivity contribution is 6.35. The van der Waals surface area contributed by atoms with Crippen LogP contribution in [-0.2, 0) is 11.3 Å². The van der Waals surface area contributed by atoms with Gasteiger partial charge in [0.25, 0.3) is 0 Å². The number of carbonyl (C=O) groups excluding carboxylic acids is 1. The van der Waals surface area contributed by atoms with Crippen LogP contribution in [0.25, 0.3) is 11.3 Å². The second kappa shape index (κ2) is 8.35. The molecule has 2 N–H and O–H groups in total. The molecule has 8 heteroatoms. The monoisotopic (exact) mass is 433 g/mol. The number of benzene rings is 1. The highest BCUT2D eigenvalue weighted by Gasteiger charge is 2.20. The Labute approximate surface area is 179 Å². The molecule has 2 heterocycles. The Morgan fingerprint density at radius 2 is 1.86 bits per heavy atom. The molecule has 0 radical (unpaired) electrons. The Bertz CT molecular complexity index is 1020. The van der Waals surface area contributed by atoms with Crippen molar-refractivity contribution in [3.05, 3.63) is 64.4 Å². The van der Waals surface area contributed by atoms with Crippen molar-refractivity contribution in [1.29, 1.82) is 0 Å². The van der Waals surface area contributed by atoms with Gasteiger partial charge < -0.3 is 15.2 Å². The summed E-state index contributed by atoms with van der Waals surface area (Å²) >= 11 is 12.4. The first-order chi connectivity index (χ1) is 13.7. The number of aromatic nitrogens is 2. The number of ether oxygens (including phenoxy) is 2. The normalized spacial score (nSPS) is 11.3. The molecule has 0 bridgehead atoms. The third-order valence-electron chi connectivity index (χ3n) is 3.95. The lowest BCUT2D eigenvalue weighted by Gasteiger charge is -2.20. The third-order valence-corrected chi connectivity index (χ3v) is 4.66. The summed E-state index contributed by atoms with van der Waals surface area (Å²) in [6.45, 7) is 5.56. The van der Waals surface area contributed by atoms with E-state index in [1.807, 2.05) is 20.8 Å². The Hall–Kier alpha value is -2.70. The fourth-order valence-electron chi connectivity index (χ4n) is 2.62. The van der Waals surface area contributed by atoms with Gasteiger partial charge in [-0.1, -0.05) is 29.3 Å². The van der Waals surface area contributed by atoms with Gasteiger partial charge in [0, 0.05) is 33.6 Å². The van der Waals surface area contributed by atoms with Crippen LogP contribution in [0.2, 0.25) is 10.0 Å². The van der Waals surface area contributed by atoms with E-state index in [1.165, 1.54) is 4.57 Å². The molecule has 0 atom stereocenters. The van der Waals surface area contributed by atoms with Crippen molar-refractivity contribution >= 4 is 35.1 Å². The summed E-state index contributed by atoms with van der Waals surface area (Å²) in [5.74, 6) is 0.572. The summed E-state index contributed by atoms with van der Waals surface area (Å²) in [5.41, 5.74) is 7.26. The number of nitrogens with zero attached hydrogens (tertiary/aromatic N) is 2. The van der Waals surface area contributed by atoms with Crippen molar-refractivity contribution in [2.24, 2.45) is 0 Å². The van der Waals surface area contributed by atoms with E-state index in [9.17, 15) is 4.79 Å². The highest BCUT2D eigenvalue weighted by Crippen LogP contribution is 2.31. The second-order valence-electron chi connectivity index (χ2n) is 7.34. The maximum Gasteiger partial charge on any atom is 0.418 e. The minimum absolute atomic E-state index is 0.126. The van der Waals surface area contributed by atoms with Gasteiger partial charge in [-0.3, -0.25) is 4.57 Å². The molecule has 0 unspecified atom stereocenters. The fraction of sp³-hybridized carbons (Fsp3) is 0.238. The average molecular weight is 434 g/mol. The quantitative estimate of drug-likeness (QED) is 0.561. The maximum absolute atomic E-state index is 12.5. The minimum atomic E-state index is -0.611. The number of hydrogen-bond acceptors (Lipinski definition) is 5. The molecule has 0 saturated heterocycles. The van der Waals surface area contributed by atoms with Crippen LogP contribution in [0.4, 0.5) is 10.6 Å². The maximum atomic E-state index is 12.5. The number of carbonyl (C=O) groups is 1. The molecular formula is C21H21Cl2N3O3. The molecule has 3 aromatic rings. The van der Waals surface area contributed by atoms with Crippen LogP contribution in [0.1, 0.15) is 26.3 Å². The van der Waals surface area contributed by atoms with E-state index >= 15 is 0 Å². The molecular weight excluding hydrogens is 413 g/mol. The van der Waals surface area contributed by atoms with E-state index in [2.05, 4.69) is 4.98 Å². The summed E-state index contributed by atoms with van der Waals surface area (Å²) in [6.07, 6.45) is 2.71. The lowest BCUT2D eigenvalue weighted by Crippen LogP contribution is -2.27. The Morgan fingerprint density at radius 1 is 1.17 bits per heavy atom. The standard InChI is InChI=1S/C21H21Cl2N3O3/c1-21(2,3)29-20(27)26-9-5-8-17(26)13-10-18(19(24)25-11-13)28-12-14-15(22)6-4-7-16(14)23/h4-11H,12H2,1-3H3,(H2,24,25). The van der Waals surface area contributed by atoms with Gasteiger partial charge in [0.05, 0.1) is 5.69 Å². The molecule has 0 aliphatic heterocycles. The molecule has 0 amide bonds. The molecule has 0 saturated carbocycles. The largest absolute Gasteiger partial charge is 0.485 e. The molecule has 0 spiro atoms. The van der Waals surface area contributed by atoms with E-state index in [4.69, 9.17) is 38.4 Å². The lowest BCUT2D eigenvalue weighted by molar-refractivity contribution is 0.0540. The van der Waals surface area contributed by atoms with Crippen LogP contribution in [0.5, 0.6) is 5.75 Å². The molecule has 1 aromatic carbocycles. The number of anilines is 1. The van der Waals surface area contributed by atoms with Crippen LogP contribution in [0.15, 0.2) is 48.8 Å². The second-order valence-corrected chi connectivity index (χ2v) is 8.15. The zero-order chi connectivity index (χ0) is 21.2. The van der Waals surface area contributed by atoms with Gasteiger partial charge in [0.2, 0.25) is 0 Å². The van der Waals surface area contributed by atoms with Crippen molar-refractivity contribution in [2.75, 3.05) is 5.73 Å². The molecule has 2 aromatic heterocycles. The van der Waals surface area contributed by atoms with Gasteiger partial charge in [0.1, 0.15) is 12.2 Å². The fourth-order valence-corrected chi connectivity index (χ4v) is 3.12. The van der Waals surface area contributed by atoms with E-state index < -0.39 is 11.7 Å². The van der Waals surface area contributed by atoms with Crippen LogP contribution in [0.3, 0.4) is 0 Å². The van der Waals surface area contributed by atoms with Crippen LogP contribution in [0, 0.1) is 0 Å². The van der Waals surface area contributed by atoms with Gasteiger partial charge in [-0.15, -0.1) is 0 Å². The van der Waals surface area contributed by atoms with Crippen LogP contribution < -0.4 is 10.5 Å². The van der Waals surface area contributed by atoms with Crippen LogP contribution in [-0.4, -0.2) is 21.2 Å². The molecule has 29 heavy (non-hydrogen) atoms. The minimum Gasteiger partial charge on any atom is -0.485 e. The number of halogens is 2. The Kier molecular flexibility index (Phi) is 6.05. The van der Waals surface area contributed by atoms with Crippen molar-refractivity contribution in [3.63, 3.8) is 0 Å². The predicted octanol–water partition coefficient (Wildman–Crippen LogP) is 5.80. The van der Waals surface area contributed by atoms with E-state index in [0.717, 1.165) is 0 Å². The lowest BCUT2D eigenvalue weighted by atomic mass is 10.2. The molecule has 0 aliphatic carbocycles. The summed E-state index contributed by atoms with van der Waals surface area (Å²) in [6, 6.07) is 10.5. The van der Waals surface area contributed by atoms with Gasteiger partial charge in [-0.05, 0) is 51.1 Å². The topological polar surface area (TPSA) is 79.4 Å². The summed E-state index contributed by atoms with van der Waals surface area (Å²) in [7, 11) is 0. The average Bonchev–Trinajstić information content (AvgIpc) is 3.11. The van der Waals surface area contributed by atoms with Crippen molar-refractivity contribution in [1.82, 2.24) is 9.55 Å². The summed E-state index contributed by atoms with van der Waals surface area (Å²) in [4.78, 5) is 16.7. The first kappa shape index (κ1) is 21.0. The number of nitrogen functional groups attached to an aromatic ring is 1. The summed E-state index contributed by atoms with van der Waals surface area (Å²) < 4.78 is 12.7. The van der Waals surface area contributed by atoms with Crippen molar-refractivity contribution in [2.45, 2.75) is 33.0 Å². The third kappa shape index (κ3) is 5.02. The van der Waals surface area contributed by atoms with Crippen molar-refractivity contribution in [3.8, 4) is 17.0 Å². The number of hydrogen-bond donors (Lipinski definition) is 1. The van der Waals surface area contributed by atoms with Gasteiger partial charge in [-0.25, -0.2) is 9.78 Å². The molecule has 3 rings (SSSR count). The van der Waals surface area contributed by atoms with E-state index in [-0.39, 0.29) is 12.4 Å². The predicted molar refractivity (Wildman–Crippen MR) is 115 cm³/mol. The molecule has 152 valence electrons. The molecule has 6 nitrogen and oxygen atoms in total. The highest BCUT2D eigenvalue weighted by atomic mass is 35.5. The smallest absolute Gasteiger partial charge is 0.418 e. The van der Waals surface area contributed by atoms with Gasteiger partial charge in [0.15, 0.2) is 11.6 Å². The Balaban J connectivity index is 1.87. The number of rotatable bonds is 4. The number of nitrogens with two attached hydrogens (primary N) is 1. The van der Waals surface area contributed by atoms with Gasteiger partial charge in [-0.2, -0.15) is 0 Å². The zero-order valence-corrected chi connectivity index (χ0v) is 17.8. The molecule has 0 aliphatic rings. The van der Waals surface area contributed by atoms with Crippen molar-refractivity contribution < 1.29 is 14.3 Å². The zero-order valence-electron chi connectivity index (χ0n) is 16.3. The van der Waals surface area contributed by atoms with E-state index in [0.29, 0.717) is 32.6 Å². The van der Waals surface area contributed by atoms with Crippen LogP contribution >= 0.6 is 23.2 Å². The SMILES string of the molecule is CC(C)(C)OC(=O)n1cccc1-c1cnc(N)c(OCc2c(Cl)cccc2Cl)c1. The number of pyridine rings is 1. The first-order valence-corrected chi connectivity index (χ1v) is 9.63. The summed E-state index contributed by atoms with van der Waals surface area (Å²) in [5, 5.41) is 0.998. The molecule has 0 fully saturated rings. The Morgan fingerprint density at radius 3 is 2.52 bits per heavy atom. The van der Waals surface area contributed by atoms with E-state index in [1.54, 1.807) is 48.8 Å².